The van der Waals surface area contributed by atoms with Gasteiger partial charge >= 0.3 is 0 Å². The van der Waals surface area contributed by atoms with Crippen molar-refractivity contribution in [3.63, 3.8) is 0 Å². The number of carbonyl (C=O) groups is 1. The van der Waals surface area contributed by atoms with Gasteiger partial charge in [-0.25, -0.2) is 0 Å². The first kappa shape index (κ1) is 15.7. The summed E-state index contributed by atoms with van der Waals surface area (Å²) in [5.74, 6) is 1.60. The van der Waals surface area contributed by atoms with Gasteiger partial charge in [0.2, 0.25) is 5.91 Å². The number of rotatable bonds is 1. The first-order chi connectivity index (χ1) is 10.2. The van der Waals surface area contributed by atoms with Crippen molar-refractivity contribution in [2.75, 3.05) is 6.54 Å². The molecule has 0 aromatic carbocycles. The van der Waals surface area contributed by atoms with Crippen molar-refractivity contribution < 1.29 is 4.79 Å². The standard InChI is InChI=1S/C15H23N5O.ClH/c16-14-9-2-1-3-10(14)7-11(6-9)15(21)20-5-4-12-13(8-20)18-19-17-12;/h9-11,14H,1-8,16H2,(H,17,18,19);1H. The van der Waals surface area contributed by atoms with Gasteiger partial charge in [-0.2, -0.15) is 15.4 Å². The van der Waals surface area contributed by atoms with E-state index in [0.717, 1.165) is 37.2 Å². The zero-order valence-corrected chi connectivity index (χ0v) is 13.5. The Morgan fingerprint density at radius 1 is 1.18 bits per heavy atom. The number of carbonyl (C=O) groups excluding carboxylic acids is 1. The highest BCUT2D eigenvalue weighted by Crippen LogP contribution is 2.42. The van der Waals surface area contributed by atoms with E-state index in [1.54, 1.807) is 0 Å². The summed E-state index contributed by atoms with van der Waals surface area (Å²) < 4.78 is 0. The summed E-state index contributed by atoms with van der Waals surface area (Å²) in [6.07, 6.45) is 6.48. The van der Waals surface area contributed by atoms with Crippen LogP contribution in [0.15, 0.2) is 0 Å². The molecule has 2 heterocycles. The highest BCUT2D eigenvalue weighted by Gasteiger charge is 2.42. The van der Waals surface area contributed by atoms with Crippen molar-refractivity contribution in [1.82, 2.24) is 20.3 Å². The largest absolute Gasteiger partial charge is 0.336 e. The molecule has 2 aliphatic carbocycles. The fraction of sp³-hybridized carbons (Fsp3) is 0.800. The minimum absolute atomic E-state index is 0. The number of nitrogens with two attached hydrogens (primary N) is 1. The molecule has 2 unspecified atom stereocenters. The van der Waals surface area contributed by atoms with Crippen molar-refractivity contribution >= 4 is 18.3 Å². The highest BCUT2D eigenvalue weighted by atomic mass is 35.5. The minimum atomic E-state index is 0. The Morgan fingerprint density at radius 3 is 2.59 bits per heavy atom. The van der Waals surface area contributed by atoms with E-state index in [0.29, 0.717) is 30.3 Å². The monoisotopic (exact) mass is 325 g/mol. The van der Waals surface area contributed by atoms with Gasteiger partial charge in [-0.15, -0.1) is 12.4 Å². The molecule has 6 nitrogen and oxygen atoms in total. The summed E-state index contributed by atoms with van der Waals surface area (Å²) >= 11 is 0. The summed E-state index contributed by atoms with van der Waals surface area (Å²) in [7, 11) is 0. The van der Waals surface area contributed by atoms with Gasteiger partial charge in [0.25, 0.3) is 0 Å². The van der Waals surface area contributed by atoms with Crippen LogP contribution in [0.25, 0.3) is 0 Å². The second-order valence-corrected chi connectivity index (χ2v) is 6.92. The lowest BCUT2D eigenvalue weighted by molar-refractivity contribution is -0.139. The number of aromatic nitrogens is 3. The minimum Gasteiger partial charge on any atom is -0.336 e. The van der Waals surface area contributed by atoms with Crippen molar-refractivity contribution in [1.29, 1.82) is 0 Å². The quantitative estimate of drug-likeness (QED) is 0.813. The van der Waals surface area contributed by atoms with Crippen molar-refractivity contribution in [3.05, 3.63) is 11.4 Å². The number of H-pyrrole nitrogens is 1. The molecule has 1 aromatic heterocycles. The molecule has 1 aromatic rings. The van der Waals surface area contributed by atoms with E-state index in [-0.39, 0.29) is 18.3 Å². The van der Waals surface area contributed by atoms with E-state index in [2.05, 4.69) is 15.4 Å². The second kappa shape index (κ2) is 6.16. The van der Waals surface area contributed by atoms with Crippen LogP contribution in [0.3, 0.4) is 0 Å². The molecular weight excluding hydrogens is 302 g/mol. The molecule has 0 spiro atoms. The van der Waals surface area contributed by atoms with Gasteiger partial charge in [0.1, 0.15) is 5.69 Å². The molecule has 1 amide bonds. The molecular formula is C15H24ClN5O. The molecule has 4 rings (SSSR count). The van der Waals surface area contributed by atoms with Gasteiger partial charge < -0.3 is 10.6 Å². The van der Waals surface area contributed by atoms with Crippen LogP contribution in [0.4, 0.5) is 0 Å². The number of hydrogen-bond donors (Lipinski definition) is 2. The Morgan fingerprint density at radius 2 is 1.86 bits per heavy atom. The summed E-state index contributed by atoms with van der Waals surface area (Å²) in [4.78, 5) is 14.8. The zero-order valence-electron chi connectivity index (χ0n) is 12.7. The van der Waals surface area contributed by atoms with Crippen LogP contribution < -0.4 is 5.73 Å². The van der Waals surface area contributed by atoms with Gasteiger partial charge in [-0.1, -0.05) is 6.42 Å². The number of aromatic amines is 1. The predicted molar refractivity (Wildman–Crippen MR) is 84.3 cm³/mol. The third-order valence-electron chi connectivity index (χ3n) is 5.74. The van der Waals surface area contributed by atoms with Gasteiger partial charge in [0.15, 0.2) is 0 Å². The molecule has 3 N–H and O–H groups in total. The summed E-state index contributed by atoms with van der Waals surface area (Å²) in [6.45, 7) is 1.39. The Bertz CT molecular complexity index is 534. The van der Waals surface area contributed by atoms with Crippen molar-refractivity contribution in [2.24, 2.45) is 23.5 Å². The molecule has 0 radical (unpaired) electrons. The SMILES string of the molecule is Cl.NC1C2CCCC1CC(C(=O)N1CCc3n[nH]nc3C1)C2. The molecule has 2 fully saturated rings. The first-order valence-corrected chi connectivity index (χ1v) is 8.15. The average molecular weight is 326 g/mol. The number of nitrogens with zero attached hydrogens (tertiary/aromatic N) is 3. The third-order valence-corrected chi connectivity index (χ3v) is 5.74. The van der Waals surface area contributed by atoms with E-state index >= 15 is 0 Å². The van der Waals surface area contributed by atoms with Crippen LogP contribution in [-0.4, -0.2) is 38.8 Å². The fourth-order valence-corrected chi connectivity index (χ4v) is 4.54. The topological polar surface area (TPSA) is 87.9 Å². The van der Waals surface area contributed by atoms with E-state index in [1.165, 1.54) is 19.3 Å². The van der Waals surface area contributed by atoms with E-state index in [9.17, 15) is 4.79 Å². The number of fused-ring (bicyclic) bond motifs is 3. The summed E-state index contributed by atoms with van der Waals surface area (Å²) in [6, 6.07) is 0.325. The lowest BCUT2D eigenvalue weighted by Crippen LogP contribution is -2.50. The molecule has 2 atom stereocenters. The normalized spacial score (nSPS) is 33.8. The maximum absolute atomic E-state index is 12.8. The summed E-state index contributed by atoms with van der Waals surface area (Å²) in [5.41, 5.74) is 8.28. The Kier molecular flexibility index (Phi) is 4.41. The van der Waals surface area contributed by atoms with Crippen LogP contribution in [0.2, 0.25) is 0 Å². The van der Waals surface area contributed by atoms with Crippen molar-refractivity contribution in [2.45, 2.75) is 51.1 Å². The molecule has 2 bridgehead atoms. The molecule has 0 saturated heterocycles. The van der Waals surface area contributed by atoms with E-state index in [1.807, 2.05) is 4.90 Å². The second-order valence-electron chi connectivity index (χ2n) is 6.92. The van der Waals surface area contributed by atoms with E-state index < -0.39 is 0 Å². The Balaban J connectivity index is 0.00000144. The van der Waals surface area contributed by atoms with Crippen LogP contribution in [0, 0.1) is 17.8 Å². The number of halogens is 1. The predicted octanol–water partition coefficient (Wildman–Crippen LogP) is 1.26. The molecule has 2 saturated carbocycles. The molecule has 3 aliphatic rings. The van der Waals surface area contributed by atoms with Gasteiger partial charge in [-0.05, 0) is 37.5 Å². The van der Waals surface area contributed by atoms with Crippen LogP contribution in [0.1, 0.15) is 43.5 Å². The molecule has 22 heavy (non-hydrogen) atoms. The lowest BCUT2D eigenvalue weighted by Gasteiger charge is -2.44. The smallest absolute Gasteiger partial charge is 0.226 e. The summed E-state index contributed by atoms with van der Waals surface area (Å²) in [5, 5.41) is 10.9. The van der Waals surface area contributed by atoms with Crippen LogP contribution >= 0.6 is 12.4 Å². The number of hydrogen-bond acceptors (Lipinski definition) is 4. The molecule has 122 valence electrons. The maximum Gasteiger partial charge on any atom is 0.226 e. The van der Waals surface area contributed by atoms with E-state index in [4.69, 9.17) is 5.73 Å². The average Bonchev–Trinajstić information content (AvgIpc) is 2.93. The highest BCUT2D eigenvalue weighted by molar-refractivity contribution is 5.85. The Labute approximate surface area is 136 Å². The first-order valence-electron chi connectivity index (χ1n) is 8.15. The molecule has 1 aliphatic heterocycles. The van der Waals surface area contributed by atoms with Crippen molar-refractivity contribution in [3.8, 4) is 0 Å². The number of amides is 1. The maximum atomic E-state index is 12.8. The third kappa shape index (κ3) is 2.63. The van der Waals surface area contributed by atoms with Gasteiger partial charge in [-0.3, -0.25) is 4.79 Å². The lowest BCUT2D eigenvalue weighted by atomic mass is 9.65. The van der Waals surface area contributed by atoms with Crippen LogP contribution in [-0.2, 0) is 17.8 Å². The Hall–Kier alpha value is -1.14. The van der Waals surface area contributed by atoms with Gasteiger partial charge in [0, 0.05) is 24.9 Å². The number of nitrogens with one attached hydrogen (secondary N) is 1. The molecule has 7 heteroatoms. The van der Waals surface area contributed by atoms with Crippen LogP contribution in [0.5, 0.6) is 0 Å². The fourth-order valence-electron chi connectivity index (χ4n) is 4.54. The zero-order chi connectivity index (χ0) is 14.4. The van der Waals surface area contributed by atoms with Gasteiger partial charge in [0.05, 0.1) is 12.2 Å².